The van der Waals surface area contributed by atoms with Gasteiger partial charge in [-0.3, -0.25) is 9.59 Å². The summed E-state index contributed by atoms with van der Waals surface area (Å²) in [6.07, 6.45) is -0.145. The minimum absolute atomic E-state index is 0.0913. The number of benzene rings is 1. The highest BCUT2D eigenvalue weighted by molar-refractivity contribution is 7.17. The number of nitrogens with two attached hydrogens (primary N) is 1. The van der Waals surface area contributed by atoms with Crippen molar-refractivity contribution in [3.05, 3.63) is 51.4 Å². The number of nitrogens with one attached hydrogen (secondary N) is 1. The summed E-state index contributed by atoms with van der Waals surface area (Å²) in [7, 11) is 0. The summed E-state index contributed by atoms with van der Waals surface area (Å²) < 4.78 is 32.7. The van der Waals surface area contributed by atoms with Crippen LogP contribution in [0.5, 0.6) is 0 Å². The van der Waals surface area contributed by atoms with Crippen molar-refractivity contribution in [2.24, 2.45) is 5.73 Å². The Labute approximate surface area is 163 Å². The molecule has 3 N–H and O–H groups in total. The van der Waals surface area contributed by atoms with Crippen LogP contribution in [0, 0.1) is 11.6 Å². The molecule has 3 rings (SSSR count). The summed E-state index contributed by atoms with van der Waals surface area (Å²) >= 11 is 1.04. The van der Waals surface area contributed by atoms with Gasteiger partial charge in [0.05, 0.1) is 18.7 Å². The third kappa shape index (κ3) is 3.68. The van der Waals surface area contributed by atoms with E-state index in [1.807, 2.05) is 0 Å². The second-order valence-corrected chi connectivity index (χ2v) is 7.10. The quantitative estimate of drug-likeness (QED) is 0.811. The van der Waals surface area contributed by atoms with Gasteiger partial charge in [-0.2, -0.15) is 0 Å². The van der Waals surface area contributed by atoms with Gasteiger partial charge >= 0.3 is 6.09 Å². The molecule has 0 atom stereocenters. The van der Waals surface area contributed by atoms with Crippen LogP contribution >= 0.6 is 11.3 Å². The molecule has 10 heteroatoms. The van der Waals surface area contributed by atoms with E-state index in [2.05, 4.69) is 5.32 Å². The number of halogens is 2. The number of hydrogen-bond acceptors (Lipinski definition) is 5. The van der Waals surface area contributed by atoms with Gasteiger partial charge in [-0.1, -0.05) is 6.07 Å². The van der Waals surface area contributed by atoms with Crippen LogP contribution in [0.1, 0.15) is 38.1 Å². The summed E-state index contributed by atoms with van der Waals surface area (Å²) in [6.45, 7) is 2.43. The summed E-state index contributed by atoms with van der Waals surface area (Å²) in [6, 6.07) is 3.07. The fourth-order valence-corrected chi connectivity index (χ4v) is 4.27. The van der Waals surface area contributed by atoms with Gasteiger partial charge in [0.2, 0.25) is 0 Å². The molecule has 1 aromatic carbocycles. The van der Waals surface area contributed by atoms with Crippen LogP contribution in [-0.2, 0) is 17.7 Å². The van der Waals surface area contributed by atoms with E-state index in [0.29, 0.717) is 23.4 Å². The maximum atomic E-state index is 13.9. The van der Waals surface area contributed by atoms with Crippen molar-refractivity contribution in [1.82, 2.24) is 4.90 Å². The maximum Gasteiger partial charge on any atom is 0.410 e. The molecule has 1 aliphatic heterocycles. The lowest BCUT2D eigenvalue weighted by Gasteiger charge is -2.26. The summed E-state index contributed by atoms with van der Waals surface area (Å²) in [5.74, 6) is -3.84. The highest BCUT2D eigenvalue weighted by Crippen LogP contribution is 2.37. The number of ether oxygens (including phenoxy) is 1. The Hall–Kier alpha value is -3.01. The second kappa shape index (κ2) is 7.93. The van der Waals surface area contributed by atoms with E-state index >= 15 is 0 Å². The molecule has 2 heterocycles. The number of anilines is 1. The largest absolute Gasteiger partial charge is 0.450 e. The van der Waals surface area contributed by atoms with E-state index in [-0.39, 0.29) is 23.7 Å². The number of hydrogen-bond donors (Lipinski definition) is 2. The third-order valence-corrected chi connectivity index (χ3v) is 5.38. The molecule has 28 heavy (non-hydrogen) atoms. The van der Waals surface area contributed by atoms with Crippen molar-refractivity contribution in [3.8, 4) is 0 Å². The first-order valence-electron chi connectivity index (χ1n) is 8.44. The number of rotatable bonds is 4. The highest BCUT2D eigenvalue weighted by Gasteiger charge is 2.30. The van der Waals surface area contributed by atoms with Gasteiger partial charge in [0.25, 0.3) is 11.8 Å². The molecule has 0 saturated carbocycles. The molecular formula is C18H17F2N3O4S. The zero-order valence-electron chi connectivity index (χ0n) is 14.9. The van der Waals surface area contributed by atoms with Crippen LogP contribution in [0.15, 0.2) is 18.2 Å². The molecule has 0 unspecified atom stereocenters. The molecule has 0 aliphatic carbocycles. The second-order valence-electron chi connectivity index (χ2n) is 5.99. The molecule has 0 bridgehead atoms. The molecule has 0 radical (unpaired) electrons. The topological polar surface area (TPSA) is 102 Å². The van der Waals surface area contributed by atoms with E-state index in [1.54, 1.807) is 6.92 Å². The van der Waals surface area contributed by atoms with Crippen LogP contribution in [0.2, 0.25) is 0 Å². The average molecular weight is 409 g/mol. The van der Waals surface area contributed by atoms with Crippen molar-refractivity contribution < 1.29 is 27.9 Å². The lowest BCUT2D eigenvalue weighted by Crippen LogP contribution is -2.36. The summed E-state index contributed by atoms with van der Waals surface area (Å²) in [5, 5.41) is 2.47. The summed E-state index contributed by atoms with van der Waals surface area (Å²) in [4.78, 5) is 38.4. The Kier molecular flexibility index (Phi) is 5.59. The molecule has 0 spiro atoms. The SMILES string of the molecule is CCOC(=O)N1CCc2c(sc(NC(=O)c3c(F)cccc3F)c2C(N)=O)C1. The fourth-order valence-electron chi connectivity index (χ4n) is 3.00. The first kappa shape index (κ1) is 19.7. The maximum absolute atomic E-state index is 13.9. The molecule has 0 saturated heterocycles. The number of fused-ring (bicyclic) bond motifs is 1. The Morgan fingerprint density at radius 2 is 1.93 bits per heavy atom. The molecule has 148 valence electrons. The predicted molar refractivity (Wildman–Crippen MR) is 98.3 cm³/mol. The van der Waals surface area contributed by atoms with Crippen molar-refractivity contribution in [2.45, 2.75) is 19.9 Å². The first-order valence-corrected chi connectivity index (χ1v) is 9.26. The Balaban J connectivity index is 1.92. The van der Waals surface area contributed by atoms with Gasteiger partial charge in [-0.05, 0) is 31.0 Å². The van der Waals surface area contributed by atoms with Crippen LogP contribution in [0.3, 0.4) is 0 Å². The smallest absolute Gasteiger partial charge is 0.410 e. The molecule has 0 fully saturated rings. The van der Waals surface area contributed by atoms with Gasteiger partial charge in [0.15, 0.2) is 0 Å². The Morgan fingerprint density at radius 1 is 1.25 bits per heavy atom. The minimum Gasteiger partial charge on any atom is -0.450 e. The third-order valence-electron chi connectivity index (χ3n) is 4.25. The molecule has 2 aromatic rings. The highest BCUT2D eigenvalue weighted by atomic mass is 32.1. The van der Waals surface area contributed by atoms with Gasteiger partial charge in [-0.25, -0.2) is 13.6 Å². The van der Waals surface area contributed by atoms with Crippen molar-refractivity contribution >= 4 is 34.2 Å². The normalized spacial score (nSPS) is 13.0. The Morgan fingerprint density at radius 3 is 2.54 bits per heavy atom. The molecular weight excluding hydrogens is 392 g/mol. The van der Waals surface area contributed by atoms with Crippen molar-refractivity contribution in [3.63, 3.8) is 0 Å². The van der Waals surface area contributed by atoms with E-state index in [0.717, 1.165) is 29.5 Å². The fraction of sp³-hybridized carbons (Fsp3) is 0.278. The number of primary amides is 1. The van der Waals surface area contributed by atoms with E-state index in [1.165, 1.54) is 4.90 Å². The van der Waals surface area contributed by atoms with Gasteiger partial charge in [-0.15, -0.1) is 11.3 Å². The summed E-state index contributed by atoms with van der Waals surface area (Å²) in [5.41, 5.74) is 5.41. The average Bonchev–Trinajstić information content (AvgIpc) is 2.98. The lowest BCUT2D eigenvalue weighted by molar-refractivity contribution is 0.0997. The molecule has 7 nitrogen and oxygen atoms in total. The monoisotopic (exact) mass is 409 g/mol. The zero-order chi connectivity index (χ0) is 20.4. The molecule has 1 aromatic heterocycles. The van der Waals surface area contributed by atoms with Gasteiger partial charge in [0, 0.05) is 11.4 Å². The number of carbonyl (C=O) groups is 3. The van der Waals surface area contributed by atoms with Gasteiger partial charge < -0.3 is 20.7 Å². The van der Waals surface area contributed by atoms with E-state index < -0.39 is 35.1 Å². The zero-order valence-corrected chi connectivity index (χ0v) is 15.7. The number of carbonyl (C=O) groups excluding carboxylic acids is 3. The van der Waals surface area contributed by atoms with Crippen molar-refractivity contribution in [1.29, 1.82) is 0 Å². The lowest BCUT2D eigenvalue weighted by atomic mass is 10.0. The minimum atomic E-state index is -1.03. The van der Waals surface area contributed by atoms with E-state index in [4.69, 9.17) is 10.5 Å². The van der Waals surface area contributed by atoms with Crippen LogP contribution in [-0.4, -0.2) is 36.0 Å². The Bertz CT molecular complexity index is 940. The molecule has 1 aliphatic rings. The number of nitrogens with zero attached hydrogens (tertiary/aromatic N) is 1. The predicted octanol–water partition coefficient (Wildman–Crippen LogP) is 2.89. The van der Waals surface area contributed by atoms with E-state index in [9.17, 15) is 23.2 Å². The van der Waals surface area contributed by atoms with Crippen molar-refractivity contribution in [2.75, 3.05) is 18.5 Å². The number of thiophene rings is 1. The standard InChI is InChI=1S/C18H17F2N3O4S/c1-2-27-18(26)23-7-6-9-12(8-23)28-17(13(9)15(21)24)22-16(25)14-10(19)4-3-5-11(14)20/h3-5H,2,6-8H2,1H3,(H2,21,24)(H,22,25). The van der Waals surface area contributed by atoms with Crippen LogP contribution in [0.4, 0.5) is 18.6 Å². The number of amides is 3. The van der Waals surface area contributed by atoms with Crippen LogP contribution < -0.4 is 11.1 Å². The van der Waals surface area contributed by atoms with Crippen LogP contribution in [0.25, 0.3) is 0 Å². The van der Waals surface area contributed by atoms with Gasteiger partial charge in [0.1, 0.15) is 22.2 Å². The molecule has 3 amide bonds. The first-order chi connectivity index (χ1) is 13.3.